The first kappa shape index (κ1) is 17.6. The number of anilines is 1. The molecule has 5 heteroatoms. The molecular weight excluding hydrogens is 330 g/mol. The van der Waals surface area contributed by atoms with Gasteiger partial charge in [-0.1, -0.05) is 30.7 Å². The molecule has 0 saturated carbocycles. The van der Waals surface area contributed by atoms with E-state index in [1.807, 2.05) is 25.1 Å². The van der Waals surface area contributed by atoms with Crippen LogP contribution >= 0.6 is 23.8 Å². The number of thiocarbonyl (C=S) groups is 1. The van der Waals surface area contributed by atoms with Gasteiger partial charge in [-0.3, -0.25) is 0 Å². The van der Waals surface area contributed by atoms with Crippen molar-refractivity contribution in [2.24, 2.45) is 0 Å². The second-order valence-corrected chi connectivity index (χ2v) is 5.97. The van der Waals surface area contributed by atoms with Crippen LogP contribution < -0.4 is 10.1 Å². The van der Waals surface area contributed by atoms with Crippen molar-refractivity contribution in [3.05, 3.63) is 58.1 Å². The minimum atomic E-state index is 0.303. The van der Waals surface area contributed by atoms with E-state index in [-0.39, 0.29) is 0 Å². The van der Waals surface area contributed by atoms with Crippen molar-refractivity contribution in [1.82, 2.24) is 0 Å². The molecule has 0 atom stereocenters. The molecule has 0 heterocycles. The molecule has 0 saturated heterocycles. The zero-order chi connectivity index (χ0) is 16.8. The van der Waals surface area contributed by atoms with E-state index in [9.17, 15) is 0 Å². The van der Waals surface area contributed by atoms with Crippen molar-refractivity contribution >= 4 is 34.7 Å². The van der Waals surface area contributed by atoms with Gasteiger partial charge in [0.25, 0.3) is 5.17 Å². The van der Waals surface area contributed by atoms with Gasteiger partial charge in [-0.2, -0.15) is 0 Å². The molecule has 2 rings (SSSR count). The molecule has 2 aromatic rings. The average molecular weight is 350 g/mol. The maximum Gasteiger partial charge on any atom is 0.260 e. The van der Waals surface area contributed by atoms with Crippen LogP contribution in [0.4, 0.5) is 5.69 Å². The summed E-state index contributed by atoms with van der Waals surface area (Å²) >= 11 is 11.1. The quantitative estimate of drug-likeness (QED) is 0.758. The van der Waals surface area contributed by atoms with E-state index in [0.29, 0.717) is 16.8 Å². The number of halogens is 1. The molecule has 0 aliphatic heterocycles. The van der Waals surface area contributed by atoms with Gasteiger partial charge in [-0.05, 0) is 61.0 Å². The van der Waals surface area contributed by atoms with Gasteiger partial charge < -0.3 is 14.8 Å². The van der Waals surface area contributed by atoms with Crippen LogP contribution in [-0.2, 0) is 17.8 Å². The normalized spacial score (nSPS) is 10.3. The highest BCUT2D eigenvalue weighted by molar-refractivity contribution is 7.80. The monoisotopic (exact) mass is 349 g/mol. The summed E-state index contributed by atoms with van der Waals surface area (Å²) in [7, 11) is 1.53. The van der Waals surface area contributed by atoms with Gasteiger partial charge in [0.2, 0.25) is 0 Å². The van der Waals surface area contributed by atoms with Crippen LogP contribution in [-0.4, -0.2) is 12.3 Å². The molecule has 122 valence electrons. The summed E-state index contributed by atoms with van der Waals surface area (Å²) in [5.41, 5.74) is 4.15. The summed E-state index contributed by atoms with van der Waals surface area (Å²) in [5.74, 6) is 0.863. The standard InChI is InChI=1S/C18H20ClNO2S/c1-4-13-5-8-17(12(2)9-13)22-11-14-10-15(19)6-7-16(14)20-18(23)21-3/h5-10H,4,11H2,1-3H3,(H,20,23). The lowest BCUT2D eigenvalue weighted by atomic mass is 10.1. The van der Waals surface area contributed by atoms with E-state index >= 15 is 0 Å². The number of hydrogen-bond donors (Lipinski definition) is 1. The zero-order valence-electron chi connectivity index (χ0n) is 13.5. The van der Waals surface area contributed by atoms with Crippen molar-refractivity contribution in [2.75, 3.05) is 12.4 Å². The fourth-order valence-electron chi connectivity index (χ4n) is 2.21. The Bertz CT molecular complexity index is 703. The van der Waals surface area contributed by atoms with Gasteiger partial charge in [-0.25, -0.2) is 0 Å². The fraction of sp³-hybridized carbons (Fsp3) is 0.278. The van der Waals surface area contributed by atoms with E-state index in [1.54, 1.807) is 6.07 Å². The first-order valence-electron chi connectivity index (χ1n) is 7.39. The third-order valence-corrected chi connectivity index (χ3v) is 4.02. The number of ether oxygens (including phenoxy) is 2. The van der Waals surface area contributed by atoms with Gasteiger partial charge in [0.15, 0.2) is 0 Å². The van der Waals surface area contributed by atoms with Crippen molar-refractivity contribution < 1.29 is 9.47 Å². The molecule has 2 aromatic carbocycles. The molecule has 0 aromatic heterocycles. The molecule has 23 heavy (non-hydrogen) atoms. The molecule has 0 bridgehead atoms. The van der Waals surface area contributed by atoms with Gasteiger partial charge in [0.05, 0.1) is 7.11 Å². The Morgan fingerprint density at radius 1 is 1.22 bits per heavy atom. The Hall–Kier alpha value is -1.78. The third kappa shape index (κ3) is 4.85. The summed E-state index contributed by atoms with van der Waals surface area (Å²) in [6.45, 7) is 4.57. The van der Waals surface area contributed by atoms with E-state index in [1.165, 1.54) is 12.7 Å². The second-order valence-electron chi connectivity index (χ2n) is 5.16. The first-order valence-corrected chi connectivity index (χ1v) is 8.17. The minimum Gasteiger partial charge on any atom is -0.489 e. The summed E-state index contributed by atoms with van der Waals surface area (Å²) in [6, 6.07) is 11.8. The lowest BCUT2D eigenvalue weighted by Gasteiger charge is -2.15. The highest BCUT2D eigenvalue weighted by Gasteiger charge is 2.08. The molecule has 0 unspecified atom stereocenters. The number of benzene rings is 2. The molecule has 1 N–H and O–H groups in total. The first-order chi connectivity index (χ1) is 11.0. The summed E-state index contributed by atoms with van der Waals surface area (Å²) < 4.78 is 10.9. The predicted molar refractivity (Wildman–Crippen MR) is 99.6 cm³/mol. The molecule has 3 nitrogen and oxygen atoms in total. The molecule has 0 fully saturated rings. The Morgan fingerprint density at radius 3 is 2.65 bits per heavy atom. The van der Waals surface area contributed by atoms with Crippen LogP contribution in [0.5, 0.6) is 5.75 Å². The second kappa shape index (κ2) is 8.18. The van der Waals surface area contributed by atoms with Gasteiger partial charge in [0, 0.05) is 16.3 Å². The largest absolute Gasteiger partial charge is 0.489 e. The Labute approximate surface area is 147 Å². The van der Waals surface area contributed by atoms with E-state index in [4.69, 9.17) is 33.3 Å². The molecule has 0 spiro atoms. The van der Waals surface area contributed by atoms with Crippen LogP contribution in [0.1, 0.15) is 23.6 Å². The molecule has 0 radical (unpaired) electrons. The maximum atomic E-state index is 6.09. The van der Waals surface area contributed by atoms with E-state index in [0.717, 1.165) is 29.0 Å². The van der Waals surface area contributed by atoms with Crippen molar-refractivity contribution in [1.29, 1.82) is 0 Å². The van der Waals surface area contributed by atoms with E-state index in [2.05, 4.69) is 24.4 Å². The molecule has 0 aliphatic rings. The maximum absolute atomic E-state index is 6.09. The topological polar surface area (TPSA) is 30.5 Å². The Kier molecular flexibility index (Phi) is 6.25. The lowest BCUT2D eigenvalue weighted by Crippen LogP contribution is -2.13. The van der Waals surface area contributed by atoms with Crippen LogP contribution in [0.3, 0.4) is 0 Å². The van der Waals surface area contributed by atoms with Crippen LogP contribution in [0, 0.1) is 6.92 Å². The Morgan fingerprint density at radius 2 is 2.00 bits per heavy atom. The molecular formula is C18H20ClNO2S. The average Bonchev–Trinajstić information content (AvgIpc) is 2.55. The van der Waals surface area contributed by atoms with Crippen molar-refractivity contribution in [2.45, 2.75) is 26.9 Å². The van der Waals surface area contributed by atoms with Crippen LogP contribution in [0.25, 0.3) is 0 Å². The summed E-state index contributed by atoms with van der Waals surface area (Å²) in [5, 5.41) is 3.98. The van der Waals surface area contributed by atoms with Crippen molar-refractivity contribution in [3.63, 3.8) is 0 Å². The smallest absolute Gasteiger partial charge is 0.260 e. The van der Waals surface area contributed by atoms with E-state index < -0.39 is 0 Å². The number of nitrogens with one attached hydrogen (secondary N) is 1. The predicted octanol–water partition coefficient (Wildman–Crippen LogP) is 5.13. The number of aryl methyl sites for hydroxylation is 2. The number of rotatable bonds is 5. The number of hydrogen-bond acceptors (Lipinski definition) is 3. The highest BCUT2D eigenvalue weighted by atomic mass is 35.5. The van der Waals surface area contributed by atoms with Gasteiger partial charge in [-0.15, -0.1) is 0 Å². The van der Waals surface area contributed by atoms with Gasteiger partial charge in [0.1, 0.15) is 12.4 Å². The Balaban J connectivity index is 2.16. The molecule has 0 aliphatic carbocycles. The summed E-state index contributed by atoms with van der Waals surface area (Å²) in [4.78, 5) is 0. The van der Waals surface area contributed by atoms with Gasteiger partial charge >= 0.3 is 0 Å². The zero-order valence-corrected chi connectivity index (χ0v) is 15.1. The van der Waals surface area contributed by atoms with Crippen LogP contribution in [0.2, 0.25) is 5.02 Å². The van der Waals surface area contributed by atoms with Crippen molar-refractivity contribution in [3.8, 4) is 5.75 Å². The number of methoxy groups -OCH3 is 1. The van der Waals surface area contributed by atoms with Crippen LogP contribution in [0.15, 0.2) is 36.4 Å². The lowest BCUT2D eigenvalue weighted by molar-refractivity contribution is 0.304. The summed E-state index contributed by atoms with van der Waals surface area (Å²) in [6.07, 6.45) is 1.01. The fourth-order valence-corrected chi connectivity index (χ4v) is 2.52. The highest BCUT2D eigenvalue weighted by Crippen LogP contribution is 2.25. The third-order valence-electron chi connectivity index (χ3n) is 3.52. The minimum absolute atomic E-state index is 0.303. The molecule has 0 amide bonds. The SMILES string of the molecule is CCc1ccc(OCc2cc(Cl)ccc2NC(=S)OC)c(C)c1.